The molecule has 110 valence electrons. The van der Waals surface area contributed by atoms with Gasteiger partial charge in [0.15, 0.2) is 0 Å². The molecule has 0 radical (unpaired) electrons. The van der Waals surface area contributed by atoms with E-state index in [1.165, 1.54) is 13.2 Å². The summed E-state index contributed by atoms with van der Waals surface area (Å²) >= 11 is 0. The summed E-state index contributed by atoms with van der Waals surface area (Å²) in [4.78, 5) is 12.3. The highest BCUT2D eigenvalue weighted by atomic mass is 16.5. The van der Waals surface area contributed by atoms with Crippen LogP contribution in [-0.2, 0) is 0 Å². The van der Waals surface area contributed by atoms with Crippen molar-refractivity contribution in [3.05, 3.63) is 23.8 Å². The van der Waals surface area contributed by atoms with Crippen LogP contribution >= 0.6 is 0 Å². The van der Waals surface area contributed by atoms with Crippen LogP contribution < -0.4 is 10.1 Å². The van der Waals surface area contributed by atoms with Crippen molar-refractivity contribution in [2.24, 2.45) is 11.8 Å². The maximum atomic E-state index is 12.3. The van der Waals surface area contributed by atoms with Crippen LogP contribution in [0.5, 0.6) is 11.5 Å². The van der Waals surface area contributed by atoms with Gasteiger partial charge in [-0.05, 0) is 49.3 Å². The predicted octanol–water partition coefficient (Wildman–Crippen LogP) is 2.96. The van der Waals surface area contributed by atoms with Gasteiger partial charge in [-0.1, -0.05) is 13.8 Å². The summed E-state index contributed by atoms with van der Waals surface area (Å²) in [6.45, 7) is 4.49. The first-order chi connectivity index (χ1) is 9.51. The van der Waals surface area contributed by atoms with Crippen LogP contribution in [0.2, 0.25) is 0 Å². The molecule has 0 aliphatic heterocycles. The minimum absolute atomic E-state index is 0.0134. The Bertz CT molecular complexity index is 487. The van der Waals surface area contributed by atoms with Gasteiger partial charge < -0.3 is 15.2 Å². The van der Waals surface area contributed by atoms with Gasteiger partial charge in [-0.25, -0.2) is 0 Å². The summed E-state index contributed by atoms with van der Waals surface area (Å²) in [7, 11) is 1.54. The number of aromatic hydroxyl groups is 1. The normalized spacial score (nSPS) is 26.1. The Kier molecular flexibility index (Phi) is 4.53. The topological polar surface area (TPSA) is 58.6 Å². The van der Waals surface area contributed by atoms with Crippen molar-refractivity contribution < 1.29 is 14.6 Å². The standard InChI is InChI=1S/C16H23NO3/c1-10-4-5-12(8-11(10)2)17-16(19)14-9-13(20-3)6-7-15(14)18/h6-7,9-12,18H,4-5,8H2,1-3H3,(H,17,19). The number of carbonyl (C=O) groups excluding carboxylic acids is 1. The van der Waals surface area contributed by atoms with Gasteiger partial charge in [-0.15, -0.1) is 0 Å². The predicted molar refractivity (Wildman–Crippen MR) is 78.1 cm³/mol. The molecule has 0 aromatic heterocycles. The second-order valence-electron chi connectivity index (χ2n) is 5.82. The Morgan fingerprint density at radius 3 is 2.70 bits per heavy atom. The van der Waals surface area contributed by atoms with Crippen LogP contribution in [0.3, 0.4) is 0 Å². The van der Waals surface area contributed by atoms with Gasteiger partial charge in [-0.2, -0.15) is 0 Å². The minimum atomic E-state index is -0.229. The monoisotopic (exact) mass is 277 g/mol. The molecule has 4 heteroatoms. The van der Waals surface area contributed by atoms with Gasteiger partial charge in [0.1, 0.15) is 11.5 Å². The average molecular weight is 277 g/mol. The number of nitrogens with one attached hydrogen (secondary N) is 1. The van der Waals surface area contributed by atoms with Crippen molar-refractivity contribution in [3.63, 3.8) is 0 Å². The molecule has 1 aliphatic rings. The Balaban J connectivity index is 2.05. The van der Waals surface area contributed by atoms with Crippen molar-refractivity contribution in [1.82, 2.24) is 5.32 Å². The molecule has 1 aliphatic carbocycles. The quantitative estimate of drug-likeness (QED) is 0.893. The molecule has 4 nitrogen and oxygen atoms in total. The van der Waals surface area contributed by atoms with Crippen LogP contribution in [0.1, 0.15) is 43.5 Å². The van der Waals surface area contributed by atoms with Gasteiger partial charge in [0.25, 0.3) is 5.91 Å². The van der Waals surface area contributed by atoms with Gasteiger partial charge >= 0.3 is 0 Å². The van der Waals surface area contributed by atoms with Crippen LogP contribution in [0.25, 0.3) is 0 Å². The lowest BCUT2D eigenvalue weighted by molar-refractivity contribution is 0.0907. The van der Waals surface area contributed by atoms with Crippen molar-refractivity contribution >= 4 is 5.91 Å². The van der Waals surface area contributed by atoms with Crippen molar-refractivity contribution in [2.45, 2.75) is 39.2 Å². The second-order valence-corrected chi connectivity index (χ2v) is 5.82. The van der Waals surface area contributed by atoms with Crippen molar-refractivity contribution in [1.29, 1.82) is 0 Å². The third-order valence-corrected chi connectivity index (χ3v) is 4.38. The molecule has 1 saturated carbocycles. The number of carbonyl (C=O) groups is 1. The molecule has 20 heavy (non-hydrogen) atoms. The fraction of sp³-hybridized carbons (Fsp3) is 0.562. The van der Waals surface area contributed by atoms with E-state index in [1.807, 2.05) is 0 Å². The molecule has 0 bridgehead atoms. The molecule has 1 aromatic rings. The zero-order chi connectivity index (χ0) is 14.7. The van der Waals surface area contributed by atoms with Crippen molar-refractivity contribution in [3.8, 4) is 11.5 Å². The zero-order valence-corrected chi connectivity index (χ0v) is 12.3. The van der Waals surface area contributed by atoms with E-state index in [1.54, 1.807) is 12.1 Å². The fourth-order valence-corrected chi connectivity index (χ4v) is 2.77. The van der Waals surface area contributed by atoms with Gasteiger partial charge in [0.2, 0.25) is 0 Å². The maximum absolute atomic E-state index is 12.3. The lowest BCUT2D eigenvalue weighted by Crippen LogP contribution is -2.39. The molecule has 0 spiro atoms. The molecule has 2 rings (SSSR count). The van der Waals surface area contributed by atoms with E-state index in [4.69, 9.17) is 4.74 Å². The Labute approximate surface area is 120 Å². The summed E-state index contributed by atoms with van der Waals surface area (Å²) in [5, 5.41) is 12.8. The number of rotatable bonds is 3. The molecular weight excluding hydrogens is 254 g/mol. The average Bonchev–Trinajstić information content (AvgIpc) is 2.43. The smallest absolute Gasteiger partial charge is 0.255 e. The highest BCUT2D eigenvalue weighted by molar-refractivity contribution is 5.97. The highest BCUT2D eigenvalue weighted by Crippen LogP contribution is 2.30. The molecular formula is C16H23NO3. The van der Waals surface area contributed by atoms with Crippen LogP contribution in [0, 0.1) is 11.8 Å². The summed E-state index contributed by atoms with van der Waals surface area (Å²) in [6.07, 6.45) is 3.13. The summed E-state index contributed by atoms with van der Waals surface area (Å²) in [5.41, 5.74) is 0.274. The first kappa shape index (κ1) is 14.7. The summed E-state index contributed by atoms with van der Waals surface area (Å²) < 4.78 is 5.09. The van der Waals surface area contributed by atoms with Gasteiger partial charge in [0.05, 0.1) is 12.7 Å². The number of ether oxygens (including phenoxy) is 1. The molecule has 3 unspecified atom stereocenters. The molecule has 1 amide bonds. The van der Waals surface area contributed by atoms with Gasteiger partial charge in [-0.3, -0.25) is 4.79 Å². The lowest BCUT2D eigenvalue weighted by Gasteiger charge is -2.32. The van der Waals surface area contributed by atoms with Crippen LogP contribution in [0.4, 0.5) is 0 Å². The number of phenolic OH excluding ortho intramolecular Hbond substituents is 1. The molecule has 1 aromatic carbocycles. The second kappa shape index (κ2) is 6.16. The highest BCUT2D eigenvalue weighted by Gasteiger charge is 2.26. The number of benzene rings is 1. The summed E-state index contributed by atoms with van der Waals surface area (Å²) in [5.74, 6) is 1.66. The first-order valence-electron chi connectivity index (χ1n) is 7.19. The summed E-state index contributed by atoms with van der Waals surface area (Å²) in [6, 6.07) is 4.88. The molecule has 1 fully saturated rings. The van der Waals surface area contributed by atoms with Crippen LogP contribution in [0.15, 0.2) is 18.2 Å². The molecule has 0 heterocycles. The van der Waals surface area contributed by atoms with E-state index in [0.29, 0.717) is 17.6 Å². The number of methoxy groups -OCH3 is 1. The van der Waals surface area contributed by atoms with Gasteiger partial charge in [0, 0.05) is 6.04 Å². The van der Waals surface area contributed by atoms with E-state index >= 15 is 0 Å². The van der Waals surface area contributed by atoms with Crippen molar-refractivity contribution in [2.75, 3.05) is 7.11 Å². The Morgan fingerprint density at radius 1 is 1.30 bits per heavy atom. The third-order valence-electron chi connectivity index (χ3n) is 4.38. The molecule has 0 saturated heterocycles. The molecule has 3 atom stereocenters. The van der Waals surface area contributed by atoms with E-state index in [9.17, 15) is 9.90 Å². The number of hydrogen-bond donors (Lipinski definition) is 2. The van der Waals surface area contributed by atoms with Crippen LogP contribution in [-0.4, -0.2) is 24.2 Å². The number of hydrogen-bond acceptors (Lipinski definition) is 3. The lowest BCUT2D eigenvalue weighted by atomic mass is 9.79. The van der Waals surface area contributed by atoms with E-state index in [0.717, 1.165) is 19.3 Å². The number of phenols is 1. The number of amides is 1. The Morgan fingerprint density at radius 2 is 2.05 bits per heavy atom. The zero-order valence-electron chi connectivity index (χ0n) is 12.3. The SMILES string of the molecule is COc1ccc(O)c(C(=O)NC2CCC(C)C(C)C2)c1. The van der Waals surface area contributed by atoms with E-state index in [-0.39, 0.29) is 23.3 Å². The Hall–Kier alpha value is -1.71. The minimum Gasteiger partial charge on any atom is -0.507 e. The largest absolute Gasteiger partial charge is 0.507 e. The van der Waals surface area contributed by atoms with E-state index in [2.05, 4.69) is 19.2 Å². The molecule has 2 N–H and O–H groups in total. The fourth-order valence-electron chi connectivity index (χ4n) is 2.77. The maximum Gasteiger partial charge on any atom is 0.255 e. The third kappa shape index (κ3) is 3.24. The first-order valence-corrected chi connectivity index (χ1v) is 7.19. The van der Waals surface area contributed by atoms with E-state index < -0.39 is 0 Å².